The molecule has 1 amide bonds. The molecular formula is C31H45N3O5. The van der Waals surface area contributed by atoms with Gasteiger partial charge < -0.3 is 19.1 Å². The van der Waals surface area contributed by atoms with Gasteiger partial charge in [0.15, 0.2) is 11.4 Å². The highest BCUT2D eigenvalue weighted by molar-refractivity contribution is 5.90. The second-order valence-electron chi connectivity index (χ2n) is 12.3. The molecule has 0 saturated carbocycles. The number of esters is 1. The topological polar surface area (TPSA) is 90.9 Å². The minimum Gasteiger partial charge on any atom is -0.484 e. The fourth-order valence-electron chi connectivity index (χ4n) is 4.55. The van der Waals surface area contributed by atoms with Crippen LogP contribution in [0, 0.1) is 12.8 Å². The molecule has 2 aromatic rings. The molecule has 0 aliphatic carbocycles. The monoisotopic (exact) mass is 539 g/mol. The van der Waals surface area contributed by atoms with E-state index in [1.54, 1.807) is 0 Å². The van der Waals surface area contributed by atoms with Gasteiger partial charge in [-0.05, 0) is 79.2 Å². The molecule has 0 N–H and O–H groups in total. The molecule has 39 heavy (non-hydrogen) atoms. The van der Waals surface area contributed by atoms with Gasteiger partial charge in [0.2, 0.25) is 0 Å². The van der Waals surface area contributed by atoms with Crippen LogP contribution in [0.25, 0.3) is 0 Å². The van der Waals surface area contributed by atoms with Crippen LogP contribution in [0.1, 0.15) is 101 Å². The van der Waals surface area contributed by atoms with Crippen LogP contribution in [-0.2, 0) is 22.5 Å². The number of ether oxygens (including phenoxy) is 3. The number of hydrogen-bond donors (Lipinski definition) is 0. The van der Waals surface area contributed by atoms with Gasteiger partial charge in [0.05, 0.1) is 5.69 Å². The summed E-state index contributed by atoms with van der Waals surface area (Å²) in [5.41, 5.74) is 0.688. The van der Waals surface area contributed by atoms with Gasteiger partial charge in [-0.1, -0.05) is 43.2 Å². The Morgan fingerprint density at radius 3 is 2.18 bits per heavy atom. The first-order valence-corrected chi connectivity index (χ1v) is 14.1. The number of carbonyl (C=O) groups excluding carboxylic acids is 2. The number of piperidine rings is 1. The zero-order chi connectivity index (χ0) is 28.6. The van der Waals surface area contributed by atoms with Gasteiger partial charge in [0.25, 0.3) is 0 Å². The Balaban J connectivity index is 1.56. The molecule has 0 radical (unpaired) electrons. The smallest absolute Gasteiger partial charge is 0.410 e. The summed E-state index contributed by atoms with van der Waals surface area (Å²) in [6.07, 6.45) is 5.49. The lowest BCUT2D eigenvalue weighted by Gasteiger charge is -2.33. The molecule has 2 heterocycles. The normalized spacial score (nSPS) is 14.7. The highest BCUT2D eigenvalue weighted by Crippen LogP contribution is 2.27. The molecule has 0 unspecified atom stereocenters. The van der Waals surface area contributed by atoms with Crippen molar-refractivity contribution in [2.24, 2.45) is 5.92 Å². The molecule has 1 aromatic heterocycles. The van der Waals surface area contributed by atoms with Crippen molar-refractivity contribution >= 4 is 12.1 Å². The molecule has 1 saturated heterocycles. The van der Waals surface area contributed by atoms with E-state index in [1.807, 2.05) is 83.7 Å². The molecular weight excluding hydrogens is 494 g/mol. The van der Waals surface area contributed by atoms with Crippen molar-refractivity contribution in [2.45, 2.75) is 105 Å². The Morgan fingerprint density at radius 1 is 0.923 bits per heavy atom. The number of benzene rings is 1. The molecule has 8 nitrogen and oxygen atoms in total. The summed E-state index contributed by atoms with van der Waals surface area (Å²) < 4.78 is 17.2. The molecule has 1 aliphatic heterocycles. The molecule has 0 spiro atoms. The van der Waals surface area contributed by atoms with E-state index in [4.69, 9.17) is 14.2 Å². The third-order valence-corrected chi connectivity index (χ3v) is 6.43. The van der Waals surface area contributed by atoms with E-state index in [2.05, 4.69) is 9.97 Å². The first-order valence-electron chi connectivity index (χ1n) is 14.1. The average Bonchev–Trinajstić information content (AvgIpc) is 2.84. The van der Waals surface area contributed by atoms with Gasteiger partial charge in [-0.2, -0.15) is 0 Å². The average molecular weight is 540 g/mol. The Kier molecular flexibility index (Phi) is 10.3. The van der Waals surface area contributed by atoms with E-state index in [-0.39, 0.29) is 11.8 Å². The van der Waals surface area contributed by atoms with Gasteiger partial charge >= 0.3 is 12.1 Å². The highest BCUT2D eigenvalue weighted by atomic mass is 16.6. The van der Waals surface area contributed by atoms with E-state index in [0.29, 0.717) is 36.2 Å². The number of amides is 1. The Morgan fingerprint density at radius 2 is 1.56 bits per heavy atom. The van der Waals surface area contributed by atoms with E-state index < -0.39 is 17.2 Å². The lowest BCUT2D eigenvalue weighted by molar-refractivity contribution is 0.00563. The zero-order valence-electron chi connectivity index (χ0n) is 24.7. The van der Waals surface area contributed by atoms with Crippen LogP contribution in [0.5, 0.6) is 5.75 Å². The molecule has 214 valence electrons. The van der Waals surface area contributed by atoms with Crippen molar-refractivity contribution in [3.05, 3.63) is 53.1 Å². The zero-order valence-corrected chi connectivity index (χ0v) is 24.7. The summed E-state index contributed by atoms with van der Waals surface area (Å²) >= 11 is 0. The highest BCUT2D eigenvalue weighted by Gasteiger charge is 2.27. The van der Waals surface area contributed by atoms with Crippen molar-refractivity contribution in [1.82, 2.24) is 14.9 Å². The summed E-state index contributed by atoms with van der Waals surface area (Å²) in [5, 5.41) is 0. The first-order chi connectivity index (χ1) is 18.3. The number of aryl methyl sites for hydroxylation is 2. The second-order valence-corrected chi connectivity index (χ2v) is 12.3. The van der Waals surface area contributed by atoms with Crippen LogP contribution in [0.3, 0.4) is 0 Å². The van der Waals surface area contributed by atoms with Crippen LogP contribution < -0.4 is 4.74 Å². The quantitative estimate of drug-likeness (QED) is 0.259. The number of nitrogens with zero attached hydrogens (tertiary/aromatic N) is 3. The fourth-order valence-corrected chi connectivity index (χ4v) is 4.55. The van der Waals surface area contributed by atoms with Crippen molar-refractivity contribution in [2.75, 3.05) is 13.1 Å². The van der Waals surface area contributed by atoms with Crippen LogP contribution in [0.4, 0.5) is 4.79 Å². The van der Waals surface area contributed by atoms with Crippen molar-refractivity contribution in [3.8, 4) is 5.75 Å². The van der Waals surface area contributed by atoms with Crippen molar-refractivity contribution in [3.63, 3.8) is 0 Å². The predicted octanol–water partition coefficient (Wildman–Crippen LogP) is 6.68. The molecule has 1 fully saturated rings. The summed E-state index contributed by atoms with van der Waals surface area (Å²) in [6, 6.07) is 9.79. The SMILES string of the molecule is Cc1nc(CCCCC2CCN(C(=O)OC(C)(C)C)CC2)nc(C(=O)OC(C)(C)C)c1OCc1ccccc1. The first kappa shape index (κ1) is 30.4. The number of aromatic nitrogens is 2. The van der Waals surface area contributed by atoms with E-state index in [1.165, 1.54) is 0 Å². The van der Waals surface area contributed by atoms with Gasteiger partial charge in [0.1, 0.15) is 23.6 Å². The summed E-state index contributed by atoms with van der Waals surface area (Å²) in [4.78, 5) is 36.4. The minimum atomic E-state index is -0.647. The number of hydrogen-bond acceptors (Lipinski definition) is 7. The predicted molar refractivity (Wildman–Crippen MR) is 151 cm³/mol. The number of unbranched alkanes of at least 4 members (excludes halogenated alkanes) is 1. The van der Waals surface area contributed by atoms with Crippen LogP contribution >= 0.6 is 0 Å². The summed E-state index contributed by atoms with van der Waals surface area (Å²) in [7, 11) is 0. The standard InChI is InChI=1S/C31H45N3O5/c1-22-27(37-21-24-14-9-8-10-15-24)26(28(35)38-30(2,3)4)33-25(32-22)16-12-11-13-23-17-19-34(20-18-23)29(36)39-31(5,6)7/h8-10,14-15,23H,11-13,16-21H2,1-7H3. The maximum Gasteiger partial charge on any atom is 0.410 e. The lowest BCUT2D eigenvalue weighted by atomic mass is 9.91. The third kappa shape index (κ3) is 10.2. The van der Waals surface area contributed by atoms with E-state index in [0.717, 1.165) is 50.8 Å². The largest absolute Gasteiger partial charge is 0.484 e. The van der Waals surface area contributed by atoms with E-state index in [9.17, 15) is 9.59 Å². The number of rotatable bonds is 9. The van der Waals surface area contributed by atoms with Crippen LogP contribution in [0.2, 0.25) is 0 Å². The minimum absolute atomic E-state index is 0.179. The van der Waals surface area contributed by atoms with Gasteiger partial charge in [-0.3, -0.25) is 0 Å². The fraction of sp³-hybridized carbons (Fsp3) is 0.613. The van der Waals surface area contributed by atoms with Gasteiger partial charge in [0, 0.05) is 19.5 Å². The van der Waals surface area contributed by atoms with Crippen molar-refractivity contribution < 1.29 is 23.8 Å². The summed E-state index contributed by atoms with van der Waals surface area (Å²) in [6.45, 7) is 14.8. The molecule has 1 aliphatic rings. The Bertz CT molecular complexity index is 1100. The van der Waals surface area contributed by atoms with E-state index >= 15 is 0 Å². The number of likely N-dealkylation sites (tertiary alicyclic amines) is 1. The Labute approximate surface area is 233 Å². The van der Waals surface area contributed by atoms with Crippen molar-refractivity contribution in [1.29, 1.82) is 0 Å². The maximum atomic E-state index is 13.1. The van der Waals surface area contributed by atoms with Gasteiger partial charge in [-0.25, -0.2) is 19.6 Å². The number of carbonyl (C=O) groups is 2. The molecule has 0 atom stereocenters. The second kappa shape index (κ2) is 13.3. The van der Waals surface area contributed by atoms with Crippen LogP contribution in [0.15, 0.2) is 30.3 Å². The maximum absolute atomic E-state index is 13.1. The van der Waals surface area contributed by atoms with Gasteiger partial charge in [-0.15, -0.1) is 0 Å². The summed E-state index contributed by atoms with van der Waals surface area (Å²) in [5.74, 6) is 1.08. The molecule has 8 heteroatoms. The third-order valence-electron chi connectivity index (χ3n) is 6.43. The Hall–Kier alpha value is -3.16. The lowest BCUT2D eigenvalue weighted by Crippen LogP contribution is -2.41. The molecule has 3 rings (SSSR count). The molecule has 1 aromatic carbocycles. The van der Waals surface area contributed by atoms with Crippen LogP contribution in [-0.4, -0.2) is 51.2 Å². The molecule has 0 bridgehead atoms.